The van der Waals surface area contributed by atoms with E-state index in [1.165, 1.54) is 20.3 Å². The van der Waals surface area contributed by atoms with E-state index < -0.39 is 0 Å². The molecule has 2 aromatic heterocycles. The molecule has 1 aromatic carbocycles. The molecule has 0 unspecified atom stereocenters. The van der Waals surface area contributed by atoms with Crippen LogP contribution in [0.2, 0.25) is 0 Å². The second-order valence-electron chi connectivity index (χ2n) is 7.39. The van der Waals surface area contributed by atoms with Gasteiger partial charge in [0.05, 0.1) is 0 Å². The topological polar surface area (TPSA) is 65.1 Å². The number of anilines is 2. The first-order chi connectivity index (χ1) is 12.9. The van der Waals surface area contributed by atoms with Crippen molar-refractivity contribution in [1.82, 2.24) is 18.7 Å². The van der Waals surface area contributed by atoms with Crippen LogP contribution in [0, 0.1) is 13.8 Å². The van der Waals surface area contributed by atoms with Gasteiger partial charge in [-0.15, -0.1) is 0 Å². The number of unbranched alkanes of at least 4 members (excludes halogenated alkanes) is 1. The molecule has 0 fully saturated rings. The van der Waals surface area contributed by atoms with Crippen LogP contribution in [0.15, 0.2) is 27.8 Å². The highest BCUT2D eigenvalue weighted by molar-refractivity contribution is 5.78. The highest BCUT2D eigenvalue weighted by atomic mass is 16.2. The summed E-state index contributed by atoms with van der Waals surface area (Å²) in [4.78, 5) is 32.5. The minimum atomic E-state index is -0.296. The van der Waals surface area contributed by atoms with Gasteiger partial charge in [0.25, 0.3) is 5.56 Å². The first-order valence-corrected chi connectivity index (χ1v) is 9.48. The van der Waals surface area contributed by atoms with E-state index in [-0.39, 0.29) is 11.2 Å². The minimum Gasteiger partial charge on any atom is -0.310 e. The van der Waals surface area contributed by atoms with Crippen molar-refractivity contribution in [3.05, 3.63) is 50.2 Å². The molecule has 7 nitrogen and oxygen atoms in total. The number of nitrogens with zero attached hydrogens (tertiary/aromatic N) is 5. The first kappa shape index (κ1) is 17.6. The fourth-order valence-electron chi connectivity index (χ4n) is 3.94. The van der Waals surface area contributed by atoms with Crippen molar-refractivity contribution in [2.24, 2.45) is 7.05 Å². The predicted molar refractivity (Wildman–Crippen MR) is 107 cm³/mol. The van der Waals surface area contributed by atoms with Crippen molar-refractivity contribution in [2.45, 2.75) is 46.7 Å². The van der Waals surface area contributed by atoms with Gasteiger partial charge in [0.2, 0.25) is 5.95 Å². The molecule has 3 aromatic rings. The molecule has 0 N–H and O–H groups in total. The van der Waals surface area contributed by atoms with E-state index >= 15 is 0 Å². The molecule has 27 heavy (non-hydrogen) atoms. The minimum absolute atomic E-state index is 0.234. The molecule has 0 aliphatic carbocycles. The Morgan fingerprint density at radius 2 is 1.78 bits per heavy atom. The summed E-state index contributed by atoms with van der Waals surface area (Å²) in [6.07, 6.45) is 1.73. The average Bonchev–Trinajstić information content (AvgIpc) is 3.18. The summed E-state index contributed by atoms with van der Waals surface area (Å²) in [7, 11) is 1.69. The number of hydrogen-bond donors (Lipinski definition) is 0. The van der Waals surface area contributed by atoms with Crippen LogP contribution in [0.3, 0.4) is 0 Å². The van der Waals surface area contributed by atoms with Crippen molar-refractivity contribution in [3.63, 3.8) is 0 Å². The number of hydrogen-bond acceptors (Lipinski definition) is 4. The zero-order valence-electron chi connectivity index (χ0n) is 16.3. The molecule has 142 valence electrons. The van der Waals surface area contributed by atoms with Gasteiger partial charge in [-0.3, -0.25) is 13.9 Å². The molecule has 4 rings (SSSR count). The Kier molecular flexibility index (Phi) is 4.17. The van der Waals surface area contributed by atoms with Gasteiger partial charge >= 0.3 is 5.69 Å². The van der Waals surface area contributed by atoms with Crippen LogP contribution < -0.4 is 16.1 Å². The standard InChI is InChI=1S/C20H25N5O2/c1-5-6-7-25-18(26)16-17(22(4)20(25)27)21-19-23(8-9-24(16)19)15-11-13(2)10-14(3)12-15/h10-12H,5-9H2,1-4H3. The fourth-order valence-corrected chi connectivity index (χ4v) is 3.94. The van der Waals surface area contributed by atoms with E-state index in [1.54, 1.807) is 7.05 Å². The van der Waals surface area contributed by atoms with Gasteiger partial charge in [0, 0.05) is 32.4 Å². The van der Waals surface area contributed by atoms with E-state index in [4.69, 9.17) is 4.98 Å². The molecule has 0 spiro atoms. The molecule has 0 atom stereocenters. The van der Waals surface area contributed by atoms with E-state index in [0.717, 1.165) is 31.0 Å². The maximum Gasteiger partial charge on any atom is 0.332 e. The van der Waals surface area contributed by atoms with E-state index in [9.17, 15) is 9.59 Å². The van der Waals surface area contributed by atoms with E-state index in [1.807, 2.05) is 11.5 Å². The van der Waals surface area contributed by atoms with Crippen molar-refractivity contribution in [3.8, 4) is 0 Å². The number of aromatic nitrogens is 4. The zero-order valence-corrected chi connectivity index (χ0v) is 16.3. The lowest BCUT2D eigenvalue weighted by molar-refractivity contribution is 0.564. The molecule has 3 heterocycles. The van der Waals surface area contributed by atoms with Crippen molar-refractivity contribution in [1.29, 1.82) is 0 Å². The van der Waals surface area contributed by atoms with Crippen LogP contribution >= 0.6 is 0 Å². The van der Waals surface area contributed by atoms with Gasteiger partial charge in [-0.25, -0.2) is 4.79 Å². The van der Waals surface area contributed by atoms with Crippen LogP contribution in [0.4, 0.5) is 11.6 Å². The Morgan fingerprint density at radius 3 is 2.44 bits per heavy atom. The Hall–Kier alpha value is -2.83. The number of fused-ring (bicyclic) bond motifs is 3. The normalized spacial score (nSPS) is 13.6. The molecule has 0 bridgehead atoms. The Balaban J connectivity index is 1.92. The summed E-state index contributed by atoms with van der Waals surface area (Å²) >= 11 is 0. The quantitative estimate of drug-likeness (QED) is 0.711. The number of benzene rings is 1. The summed E-state index contributed by atoms with van der Waals surface area (Å²) in [6, 6.07) is 6.39. The summed E-state index contributed by atoms with van der Waals surface area (Å²) in [5.74, 6) is 0.732. The molecule has 7 heteroatoms. The lowest BCUT2D eigenvalue weighted by atomic mass is 10.1. The van der Waals surface area contributed by atoms with Gasteiger partial charge in [-0.05, 0) is 43.5 Å². The molecule has 1 aliphatic rings. The molecule has 0 saturated carbocycles. The Labute approximate surface area is 157 Å². The number of rotatable bonds is 4. The molecular formula is C20H25N5O2. The number of imidazole rings is 1. The third kappa shape index (κ3) is 2.69. The van der Waals surface area contributed by atoms with Crippen LogP contribution in [0.1, 0.15) is 30.9 Å². The molecule has 0 radical (unpaired) electrons. The fraction of sp³-hybridized carbons (Fsp3) is 0.450. The van der Waals surface area contributed by atoms with Crippen molar-refractivity contribution in [2.75, 3.05) is 11.4 Å². The van der Waals surface area contributed by atoms with Crippen molar-refractivity contribution >= 4 is 22.8 Å². The van der Waals surface area contributed by atoms with Gasteiger partial charge in [-0.1, -0.05) is 19.4 Å². The van der Waals surface area contributed by atoms with Gasteiger partial charge < -0.3 is 9.47 Å². The third-order valence-corrected chi connectivity index (χ3v) is 5.25. The second kappa shape index (κ2) is 6.40. The predicted octanol–water partition coefficient (Wildman–Crippen LogP) is 2.47. The zero-order chi connectivity index (χ0) is 19.3. The van der Waals surface area contributed by atoms with Crippen LogP contribution in [-0.4, -0.2) is 25.2 Å². The third-order valence-electron chi connectivity index (χ3n) is 5.25. The summed E-state index contributed by atoms with van der Waals surface area (Å²) in [5, 5.41) is 0. The summed E-state index contributed by atoms with van der Waals surface area (Å²) in [6.45, 7) is 8.08. The Bertz CT molecular complexity index is 1130. The van der Waals surface area contributed by atoms with Crippen LogP contribution in [0.25, 0.3) is 11.2 Å². The largest absolute Gasteiger partial charge is 0.332 e. The molecular weight excluding hydrogens is 342 g/mol. The smallest absolute Gasteiger partial charge is 0.310 e. The molecule has 0 saturated heterocycles. The lowest BCUT2D eigenvalue weighted by Gasteiger charge is -2.17. The van der Waals surface area contributed by atoms with Crippen LogP contribution in [0.5, 0.6) is 0 Å². The average molecular weight is 367 g/mol. The SMILES string of the molecule is CCCCn1c(=O)c2c(nc3n2CCN3c2cc(C)cc(C)c2)n(C)c1=O. The monoisotopic (exact) mass is 367 g/mol. The van der Waals surface area contributed by atoms with Crippen molar-refractivity contribution < 1.29 is 0 Å². The van der Waals surface area contributed by atoms with Gasteiger partial charge in [0.1, 0.15) is 0 Å². The molecule has 1 aliphatic heterocycles. The van der Waals surface area contributed by atoms with E-state index in [2.05, 4.69) is 36.9 Å². The van der Waals surface area contributed by atoms with Gasteiger partial charge in [-0.2, -0.15) is 4.98 Å². The summed E-state index contributed by atoms with van der Waals surface area (Å²) < 4.78 is 4.80. The number of aryl methyl sites for hydroxylation is 3. The highest BCUT2D eigenvalue weighted by Crippen LogP contribution is 2.32. The lowest BCUT2D eigenvalue weighted by Crippen LogP contribution is -2.39. The highest BCUT2D eigenvalue weighted by Gasteiger charge is 2.28. The summed E-state index contributed by atoms with van der Waals surface area (Å²) in [5.41, 5.74) is 3.90. The van der Waals surface area contributed by atoms with Gasteiger partial charge in [0.15, 0.2) is 11.2 Å². The molecule has 0 amide bonds. The second-order valence-corrected chi connectivity index (χ2v) is 7.39. The maximum atomic E-state index is 13.0. The maximum absolute atomic E-state index is 13.0. The first-order valence-electron chi connectivity index (χ1n) is 9.48. The van der Waals surface area contributed by atoms with Crippen LogP contribution in [-0.2, 0) is 20.1 Å². The Morgan fingerprint density at radius 1 is 1.07 bits per heavy atom. The van der Waals surface area contributed by atoms with E-state index in [0.29, 0.717) is 24.3 Å².